The van der Waals surface area contributed by atoms with Gasteiger partial charge in [0, 0.05) is 50.2 Å². The summed E-state index contributed by atoms with van der Waals surface area (Å²) in [5.74, 6) is 0. The molecule has 1 aliphatic heterocycles. The smallest absolute Gasteiger partial charge is 0.0935 e. The number of unbranched alkanes of at least 4 members (excludes halogenated alkanes) is 1. The van der Waals surface area contributed by atoms with E-state index in [4.69, 9.17) is 0 Å². The molecule has 1 aromatic heterocycles. The van der Waals surface area contributed by atoms with Gasteiger partial charge in [0.25, 0.3) is 0 Å². The quantitative estimate of drug-likeness (QED) is 0.728. The topological polar surface area (TPSA) is 19.4 Å². The molecule has 1 atom stereocenters. The monoisotopic (exact) mass is 324 g/mol. The molecule has 0 amide bonds. The summed E-state index contributed by atoms with van der Waals surface area (Å²) < 4.78 is 0. The van der Waals surface area contributed by atoms with Gasteiger partial charge in [-0.3, -0.25) is 9.88 Å². The summed E-state index contributed by atoms with van der Waals surface area (Å²) in [5.41, 5.74) is 2.44. The molecule has 3 nitrogen and oxygen atoms in total. The lowest BCUT2D eigenvalue weighted by molar-refractivity contribution is 0.194. The molecule has 0 bridgehead atoms. The standard InChI is InChI=1S/C21H30N3/c1-3-5-11-19(4-2)23-14-8-15-24(17-16-23)20-12-6-9-18-10-7-13-22-21(18)20/h3,6-7,9-10,12-13,19H,4-5,8,11,14-17H2,1-2H3/q+1. The molecular formula is C21H30N3+. The first kappa shape index (κ1) is 17.1. The maximum Gasteiger partial charge on any atom is 0.0935 e. The molecule has 1 aliphatic rings. The largest absolute Gasteiger partial charge is 0.368 e. The van der Waals surface area contributed by atoms with Gasteiger partial charge in [0.15, 0.2) is 0 Å². The lowest BCUT2D eigenvalue weighted by Gasteiger charge is -2.29. The Balaban J connectivity index is 1.73. The highest BCUT2D eigenvalue weighted by atomic mass is 15.2. The van der Waals surface area contributed by atoms with Crippen molar-refractivity contribution in [2.75, 3.05) is 31.1 Å². The summed E-state index contributed by atoms with van der Waals surface area (Å²) >= 11 is 0. The van der Waals surface area contributed by atoms with Crippen LogP contribution in [0.15, 0.2) is 36.5 Å². The van der Waals surface area contributed by atoms with E-state index in [2.05, 4.69) is 59.3 Å². The van der Waals surface area contributed by atoms with Crippen molar-refractivity contribution in [2.24, 2.45) is 0 Å². The van der Waals surface area contributed by atoms with Crippen molar-refractivity contribution in [3.8, 4) is 0 Å². The average molecular weight is 324 g/mol. The van der Waals surface area contributed by atoms with E-state index in [1.807, 2.05) is 12.3 Å². The predicted octanol–water partition coefficient (Wildman–Crippen LogP) is 4.53. The van der Waals surface area contributed by atoms with Crippen LogP contribution in [0.1, 0.15) is 39.5 Å². The Bertz CT molecular complexity index is 635. The van der Waals surface area contributed by atoms with Crippen molar-refractivity contribution in [3.05, 3.63) is 42.9 Å². The highest BCUT2D eigenvalue weighted by Gasteiger charge is 2.22. The fourth-order valence-corrected chi connectivity index (χ4v) is 3.89. The third-order valence-electron chi connectivity index (χ3n) is 5.26. The third-order valence-corrected chi connectivity index (χ3v) is 5.26. The Labute approximate surface area is 146 Å². The highest BCUT2D eigenvalue weighted by molar-refractivity contribution is 5.90. The molecule has 3 rings (SSSR count). The number of para-hydroxylation sites is 1. The van der Waals surface area contributed by atoms with Crippen LogP contribution in [0.3, 0.4) is 0 Å². The zero-order chi connectivity index (χ0) is 16.8. The van der Waals surface area contributed by atoms with E-state index in [0.717, 1.165) is 31.2 Å². The van der Waals surface area contributed by atoms with Crippen LogP contribution in [0.25, 0.3) is 10.9 Å². The van der Waals surface area contributed by atoms with Crippen molar-refractivity contribution >= 4 is 16.6 Å². The summed E-state index contributed by atoms with van der Waals surface area (Å²) in [6.07, 6.45) is 9.22. The van der Waals surface area contributed by atoms with Gasteiger partial charge in [-0.15, -0.1) is 0 Å². The second kappa shape index (κ2) is 8.39. The van der Waals surface area contributed by atoms with Gasteiger partial charge in [-0.1, -0.05) is 25.1 Å². The predicted molar refractivity (Wildman–Crippen MR) is 103 cm³/mol. The summed E-state index contributed by atoms with van der Waals surface area (Å²) in [7, 11) is 0. The zero-order valence-corrected chi connectivity index (χ0v) is 15.1. The van der Waals surface area contributed by atoms with Crippen LogP contribution in [-0.2, 0) is 0 Å². The van der Waals surface area contributed by atoms with Gasteiger partial charge < -0.3 is 4.90 Å². The van der Waals surface area contributed by atoms with Gasteiger partial charge in [0.05, 0.1) is 31.0 Å². The van der Waals surface area contributed by atoms with Crippen molar-refractivity contribution in [2.45, 2.75) is 45.6 Å². The number of aromatic nitrogens is 1. The maximum absolute atomic E-state index is 4.64. The van der Waals surface area contributed by atoms with Crippen LogP contribution in [0.5, 0.6) is 0 Å². The maximum atomic E-state index is 4.64. The Morgan fingerprint density at radius 1 is 1.12 bits per heavy atom. The molecule has 2 aromatic rings. The van der Waals surface area contributed by atoms with E-state index < -0.39 is 0 Å². The van der Waals surface area contributed by atoms with Gasteiger partial charge in [-0.2, -0.15) is 0 Å². The first-order chi connectivity index (χ1) is 11.8. The molecule has 24 heavy (non-hydrogen) atoms. The number of hydrogen-bond acceptors (Lipinski definition) is 3. The van der Waals surface area contributed by atoms with Crippen LogP contribution in [0, 0.1) is 6.42 Å². The van der Waals surface area contributed by atoms with E-state index in [0.29, 0.717) is 0 Å². The molecule has 0 radical (unpaired) electrons. The molecular weight excluding hydrogens is 294 g/mol. The SMILES string of the molecule is C[CH+]CCC(CC)N1CCCN(c2cccc3cccnc23)CC1. The first-order valence-electron chi connectivity index (χ1n) is 9.44. The number of anilines is 1. The van der Waals surface area contributed by atoms with Crippen molar-refractivity contribution in [1.82, 2.24) is 9.88 Å². The van der Waals surface area contributed by atoms with Crippen LogP contribution in [0.4, 0.5) is 5.69 Å². The second-order valence-corrected chi connectivity index (χ2v) is 6.78. The Kier molecular flexibility index (Phi) is 5.97. The average Bonchev–Trinajstić information content (AvgIpc) is 2.88. The molecule has 1 unspecified atom stereocenters. The Hall–Kier alpha value is -1.74. The summed E-state index contributed by atoms with van der Waals surface area (Å²) in [6.45, 7) is 9.11. The number of rotatable bonds is 6. The fourth-order valence-electron chi connectivity index (χ4n) is 3.89. The van der Waals surface area contributed by atoms with Crippen molar-refractivity contribution in [1.29, 1.82) is 0 Å². The Morgan fingerprint density at radius 2 is 2.00 bits per heavy atom. The fraction of sp³-hybridized carbons (Fsp3) is 0.524. The summed E-state index contributed by atoms with van der Waals surface area (Å²) in [5, 5.41) is 1.24. The third kappa shape index (κ3) is 3.84. The lowest BCUT2D eigenvalue weighted by atomic mass is 10.1. The van der Waals surface area contributed by atoms with Crippen LogP contribution >= 0.6 is 0 Å². The number of pyridine rings is 1. The molecule has 0 N–H and O–H groups in total. The number of hydrogen-bond donors (Lipinski definition) is 0. The first-order valence-corrected chi connectivity index (χ1v) is 9.44. The minimum absolute atomic E-state index is 0.729. The normalized spacial score (nSPS) is 17.7. The molecule has 128 valence electrons. The van der Waals surface area contributed by atoms with Crippen LogP contribution < -0.4 is 4.90 Å². The van der Waals surface area contributed by atoms with Crippen LogP contribution in [0.2, 0.25) is 0 Å². The molecule has 1 saturated heterocycles. The van der Waals surface area contributed by atoms with E-state index >= 15 is 0 Å². The van der Waals surface area contributed by atoms with Crippen LogP contribution in [-0.4, -0.2) is 42.1 Å². The summed E-state index contributed by atoms with van der Waals surface area (Å²) in [4.78, 5) is 9.88. The van der Waals surface area contributed by atoms with E-state index in [-0.39, 0.29) is 0 Å². The lowest BCUT2D eigenvalue weighted by Crippen LogP contribution is -2.38. The number of nitrogens with zero attached hydrogens (tertiary/aromatic N) is 3. The molecule has 1 aromatic carbocycles. The van der Waals surface area contributed by atoms with E-state index in [1.165, 1.54) is 43.3 Å². The van der Waals surface area contributed by atoms with Gasteiger partial charge >= 0.3 is 0 Å². The zero-order valence-electron chi connectivity index (χ0n) is 15.1. The molecule has 0 saturated carbocycles. The van der Waals surface area contributed by atoms with Gasteiger partial charge in [-0.25, -0.2) is 0 Å². The minimum atomic E-state index is 0.729. The van der Waals surface area contributed by atoms with E-state index in [9.17, 15) is 0 Å². The minimum Gasteiger partial charge on any atom is -0.368 e. The molecule has 2 heterocycles. The van der Waals surface area contributed by atoms with Gasteiger partial charge in [0.2, 0.25) is 0 Å². The molecule has 0 spiro atoms. The Morgan fingerprint density at radius 3 is 2.83 bits per heavy atom. The highest BCUT2D eigenvalue weighted by Crippen LogP contribution is 2.26. The van der Waals surface area contributed by atoms with Gasteiger partial charge in [-0.05, 0) is 25.0 Å². The summed E-state index contributed by atoms with van der Waals surface area (Å²) in [6, 6.07) is 11.5. The van der Waals surface area contributed by atoms with Crippen molar-refractivity contribution in [3.63, 3.8) is 0 Å². The molecule has 1 fully saturated rings. The van der Waals surface area contributed by atoms with Crippen molar-refractivity contribution < 1.29 is 0 Å². The van der Waals surface area contributed by atoms with E-state index in [1.54, 1.807) is 0 Å². The molecule has 0 aliphatic carbocycles. The molecule has 3 heteroatoms. The second-order valence-electron chi connectivity index (χ2n) is 6.78. The van der Waals surface area contributed by atoms with Gasteiger partial charge in [0.1, 0.15) is 0 Å². The number of benzene rings is 1. The number of fused-ring (bicyclic) bond motifs is 1.